The number of carbonyl (C=O) groups is 2. The standard InChI is InChI=1S/C20H28O5/c1-10-8-20-9-11(10)4-5-12(20)18(2)7-6-13(21)19(3,17(24)25)15(18)14(20)16(22)23/h11-15,21H,1,4-9H2,2-3H3,(H,22,23)(H,24,25)/t11-,12+,13+,14-,15+,18+,19-,20+/m1/s1. The first-order valence-electron chi connectivity index (χ1n) is 9.41. The molecule has 0 amide bonds. The van der Waals surface area contributed by atoms with E-state index < -0.39 is 35.3 Å². The minimum absolute atomic E-state index is 0.202. The number of rotatable bonds is 2. The van der Waals surface area contributed by atoms with Crippen molar-refractivity contribution in [2.24, 2.45) is 39.9 Å². The Morgan fingerprint density at radius 1 is 1.16 bits per heavy atom. The van der Waals surface area contributed by atoms with Crippen LogP contribution < -0.4 is 0 Å². The van der Waals surface area contributed by atoms with E-state index in [-0.39, 0.29) is 16.7 Å². The average Bonchev–Trinajstić information content (AvgIpc) is 2.91. The summed E-state index contributed by atoms with van der Waals surface area (Å²) in [6, 6.07) is 0. The van der Waals surface area contributed by atoms with E-state index >= 15 is 0 Å². The molecule has 8 atom stereocenters. The van der Waals surface area contributed by atoms with Crippen LogP contribution >= 0.6 is 0 Å². The third kappa shape index (κ3) is 1.78. The fraction of sp³-hybridized carbons (Fsp3) is 0.800. The summed E-state index contributed by atoms with van der Waals surface area (Å²) >= 11 is 0. The highest BCUT2D eigenvalue weighted by Crippen LogP contribution is 2.77. The molecule has 0 saturated heterocycles. The monoisotopic (exact) mass is 348 g/mol. The van der Waals surface area contributed by atoms with Crippen LogP contribution in [-0.2, 0) is 9.59 Å². The molecular formula is C20H28O5. The third-order valence-electron chi connectivity index (χ3n) is 8.74. The van der Waals surface area contributed by atoms with Gasteiger partial charge >= 0.3 is 11.9 Å². The Bertz CT molecular complexity index is 671. The van der Waals surface area contributed by atoms with Crippen LogP contribution in [0.5, 0.6) is 0 Å². The summed E-state index contributed by atoms with van der Waals surface area (Å²) < 4.78 is 0. The lowest BCUT2D eigenvalue weighted by Crippen LogP contribution is -2.57. The van der Waals surface area contributed by atoms with Crippen molar-refractivity contribution in [1.82, 2.24) is 0 Å². The first-order valence-corrected chi connectivity index (χ1v) is 9.41. The Balaban J connectivity index is 1.94. The number of aliphatic hydroxyl groups excluding tert-OH is 1. The number of hydrogen-bond donors (Lipinski definition) is 3. The second-order valence-corrected chi connectivity index (χ2v) is 9.54. The summed E-state index contributed by atoms with van der Waals surface area (Å²) in [5.74, 6) is -2.65. The minimum Gasteiger partial charge on any atom is -0.481 e. The summed E-state index contributed by atoms with van der Waals surface area (Å²) in [5.41, 5.74) is -1.01. The first kappa shape index (κ1) is 17.1. The molecule has 0 unspecified atom stereocenters. The molecule has 138 valence electrons. The van der Waals surface area contributed by atoms with Crippen LogP contribution in [0, 0.1) is 39.9 Å². The molecule has 0 radical (unpaired) electrons. The molecule has 0 heterocycles. The lowest BCUT2D eigenvalue weighted by atomic mass is 9.52. The number of carboxylic acids is 2. The van der Waals surface area contributed by atoms with Gasteiger partial charge in [-0.1, -0.05) is 19.1 Å². The zero-order valence-corrected chi connectivity index (χ0v) is 15.0. The number of aliphatic hydroxyl groups is 1. The van der Waals surface area contributed by atoms with Crippen LogP contribution in [0.1, 0.15) is 52.4 Å². The SMILES string of the molecule is C=C1C[C@]23C[C@H]1CC[C@H]2[C@]1(C)CC[C@H](O)[C@@](C)(C(=O)O)[C@H]1[C@@H]3C(=O)O. The van der Waals surface area contributed by atoms with Crippen molar-refractivity contribution in [3.8, 4) is 0 Å². The maximum Gasteiger partial charge on any atom is 0.312 e. The van der Waals surface area contributed by atoms with Gasteiger partial charge in [0.05, 0.1) is 17.4 Å². The van der Waals surface area contributed by atoms with Crippen LogP contribution in [0.2, 0.25) is 0 Å². The highest BCUT2D eigenvalue weighted by molar-refractivity contribution is 5.80. The van der Waals surface area contributed by atoms with Gasteiger partial charge in [-0.25, -0.2) is 0 Å². The van der Waals surface area contributed by atoms with Crippen molar-refractivity contribution in [1.29, 1.82) is 0 Å². The van der Waals surface area contributed by atoms with E-state index in [0.717, 1.165) is 24.8 Å². The summed E-state index contributed by atoms with van der Waals surface area (Å²) in [5, 5.41) is 30.8. The summed E-state index contributed by atoms with van der Waals surface area (Å²) in [4.78, 5) is 24.7. The number of hydrogen-bond acceptors (Lipinski definition) is 3. The van der Waals surface area contributed by atoms with E-state index in [2.05, 4.69) is 13.5 Å². The van der Waals surface area contributed by atoms with Crippen molar-refractivity contribution in [3.63, 3.8) is 0 Å². The predicted octanol–water partition coefficient (Wildman–Crippen LogP) is 2.93. The summed E-state index contributed by atoms with van der Waals surface area (Å²) in [6.07, 6.45) is 3.65. The van der Waals surface area contributed by atoms with Gasteiger partial charge in [-0.3, -0.25) is 9.59 Å². The Hall–Kier alpha value is -1.36. The molecule has 1 spiro atoms. The quantitative estimate of drug-likeness (QED) is 0.667. The number of fused-ring (bicyclic) bond motifs is 3. The largest absolute Gasteiger partial charge is 0.481 e. The van der Waals surface area contributed by atoms with E-state index in [4.69, 9.17) is 0 Å². The Morgan fingerprint density at radius 2 is 1.84 bits per heavy atom. The van der Waals surface area contributed by atoms with E-state index in [0.29, 0.717) is 25.2 Å². The Labute approximate surface area is 148 Å². The molecule has 0 aliphatic heterocycles. The normalized spacial score (nSPS) is 54.0. The van der Waals surface area contributed by atoms with Gasteiger partial charge in [0.15, 0.2) is 0 Å². The van der Waals surface area contributed by atoms with Crippen LogP contribution in [0.15, 0.2) is 12.2 Å². The zero-order chi connectivity index (χ0) is 18.4. The van der Waals surface area contributed by atoms with E-state index in [9.17, 15) is 24.9 Å². The highest BCUT2D eigenvalue weighted by Gasteiger charge is 2.76. The molecule has 4 saturated carbocycles. The Morgan fingerprint density at radius 3 is 2.44 bits per heavy atom. The lowest BCUT2D eigenvalue weighted by Gasteiger charge is -2.52. The molecule has 4 aliphatic carbocycles. The van der Waals surface area contributed by atoms with Crippen molar-refractivity contribution in [2.75, 3.05) is 0 Å². The summed E-state index contributed by atoms with van der Waals surface area (Å²) in [7, 11) is 0. The van der Waals surface area contributed by atoms with Gasteiger partial charge in [0.1, 0.15) is 0 Å². The van der Waals surface area contributed by atoms with Crippen LogP contribution in [0.3, 0.4) is 0 Å². The molecule has 5 nitrogen and oxygen atoms in total. The predicted molar refractivity (Wildman–Crippen MR) is 90.7 cm³/mol. The number of allylic oxidation sites excluding steroid dienone is 1. The third-order valence-corrected chi connectivity index (χ3v) is 8.74. The van der Waals surface area contributed by atoms with Gasteiger partial charge in [0.25, 0.3) is 0 Å². The fourth-order valence-corrected chi connectivity index (χ4v) is 7.82. The van der Waals surface area contributed by atoms with Crippen molar-refractivity contribution in [3.05, 3.63) is 12.2 Å². The Kier molecular flexibility index (Phi) is 3.33. The molecule has 4 fully saturated rings. The minimum atomic E-state index is -1.42. The van der Waals surface area contributed by atoms with Gasteiger partial charge in [-0.2, -0.15) is 0 Å². The van der Waals surface area contributed by atoms with Gasteiger partial charge in [-0.05, 0) is 74.0 Å². The molecule has 4 aliphatic rings. The van der Waals surface area contributed by atoms with E-state index in [1.54, 1.807) is 6.92 Å². The van der Waals surface area contributed by atoms with Crippen LogP contribution in [0.4, 0.5) is 0 Å². The maximum absolute atomic E-state index is 12.5. The lowest BCUT2D eigenvalue weighted by molar-refractivity contribution is -0.181. The molecular weight excluding hydrogens is 320 g/mol. The molecule has 25 heavy (non-hydrogen) atoms. The fourth-order valence-electron chi connectivity index (χ4n) is 7.82. The maximum atomic E-state index is 12.5. The first-order chi connectivity index (χ1) is 11.6. The van der Waals surface area contributed by atoms with E-state index in [1.165, 1.54) is 0 Å². The molecule has 4 rings (SSSR count). The van der Waals surface area contributed by atoms with Crippen LogP contribution in [-0.4, -0.2) is 33.4 Å². The van der Waals surface area contributed by atoms with E-state index in [1.807, 2.05) is 0 Å². The van der Waals surface area contributed by atoms with Gasteiger partial charge in [0, 0.05) is 0 Å². The van der Waals surface area contributed by atoms with Crippen molar-refractivity contribution < 1.29 is 24.9 Å². The number of carboxylic acid groups (broad SMARTS) is 2. The number of aliphatic carboxylic acids is 2. The highest BCUT2D eigenvalue weighted by atomic mass is 16.4. The smallest absolute Gasteiger partial charge is 0.312 e. The van der Waals surface area contributed by atoms with Crippen molar-refractivity contribution in [2.45, 2.75) is 58.5 Å². The zero-order valence-electron chi connectivity index (χ0n) is 15.0. The molecule has 0 aromatic carbocycles. The second-order valence-electron chi connectivity index (χ2n) is 9.54. The average molecular weight is 348 g/mol. The molecule has 0 aromatic rings. The summed E-state index contributed by atoms with van der Waals surface area (Å²) in [6.45, 7) is 7.89. The van der Waals surface area contributed by atoms with Crippen LogP contribution in [0.25, 0.3) is 0 Å². The second kappa shape index (κ2) is 4.87. The molecule has 0 aromatic heterocycles. The molecule has 3 N–H and O–H groups in total. The van der Waals surface area contributed by atoms with Gasteiger partial charge in [0.2, 0.25) is 0 Å². The molecule has 2 bridgehead atoms. The topological polar surface area (TPSA) is 94.8 Å². The van der Waals surface area contributed by atoms with Gasteiger partial charge in [-0.15, -0.1) is 0 Å². The van der Waals surface area contributed by atoms with Gasteiger partial charge < -0.3 is 15.3 Å². The molecule has 5 heteroatoms. The van der Waals surface area contributed by atoms with Crippen molar-refractivity contribution >= 4 is 11.9 Å².